The number of hydrogen-bond donors (Lipinski definition) is 1. The number of hydrogen-bond acceptors (Lipinski definition) is 4. The lowest BCUT2D eigenvalue weighted by Gasteiger charge is -2.19. The molecule has 10 heteroatoms. The number of benzene rings is 1. The number of ether oxygens (including phenoxy) is 2. The van der Waals surface area contributed by atoms with E-state index in [1.165, 1.54) is 13.3 Å². The predicted octanol–water partition coefficient (Wildman–Crippen LogP) is 4.71. The quantitative estimate of drug-likeness (QED) is 0.588. The highest BCUT2D eigenvalue weighted by Gasteiger charge is 2.23. The monoisotopic (exact) mass is 437 g/mol. The summed E-state index contributed by atoms with van der Waals surface area (Å²) in [6.07, 6.45) is 1.77. The summed E-state index contributed by atoms with van der Waals surface area (Å²) in [5, 5.41) is 2.32. The molecule has 4 rings (SSSR count). The molecule has 0 aliphatic carbocycles. The molecule has 1 aliphatic heterocycles. The van der Waals surface area contributed by atoms with E-state index in [2.05, 4.69) is 10.3 Å². The van der Waals surface area contributed by atoms with Gasteiger partial charge in [-0.1, -0.05) is 0 Å². The maximum atomic E-state index is 13.7. The summed E-state index contributed by atoms with van der Waals surface area (Å²) in [7, 11) is 1.37. The van der Waals surface area contributed by atoms with Crippen molar-refractivity contribution in [2.75, 3.05) is 25.6 Å². The summed E-state index contributed by atoms with van der Waals surface area (Å²) in [5.74, 6) is -3.42. The van der Waals surface area contributed by atoms with Gasteiger partial charge in [-0.05, 0) is 18.9 Å². The van der Waals surface area contributed by atoms with E-state index in [0.717, 1.165) is 18.5 Å². The minimum atomic E-state index is -3.23. The van der Waals surface area contributed by atoms with Crippen LogP contribution in [-0.4, -0.2) is 35.6 Å². The van der Waals surface area contributed by atoms with Gasteiger partial charge in [0, 0.05) is 49.3 Å². The van der Waals surface area contributed by atoms with Gasteiger partial charge in [-0.15, -0.1) is 0 Å². The topological polar surface area (TPSA) is 64.9 Å². The van der Waals surface area contributed by atoms with Crippen molar-refractivity contribution in [1.82, 2.24) is 9.38 Å². The molecule has 1 aromatic carbocycles. The number of fused-ring (bicyclic) bond motifs is 1. The van der Waals surface area contributed by atoms with E-state index in [1.807, 2.05) is 6.20 Å². The SMILES string of the molecule is COc1cc2nc(C3CCOCC3)cn2cc1C(=O)Nc1cc(F)c(F)c(C(F)F)c1. The Labute approximate surface area is 174 Å². The highest BCUT2D eigenvalue weighted by Crippen LogP contribution is 2.30. The van der Waals surface area contributed by atoms with E-state index in [4.69, 9.17) is 9.47 Å². The molecular weight excluding hydrogens is 418 g/mol. The smallest absolute Gasteiger partial charge is 0.266 e. The highest BCUT2D eigenvalue weighted by atomic mass is 19.3. The van der Waals surface area contributed by atoms with Gasteiger partial charge in [-0.25, -0.2) is 22.5 Å². The lowest BCUT2D eigenvalue weighted by molar-refractivity contribution is 0.0846. The van der Waals surface area contributed by atoms with Crippen LogP contribution in [0.2, 0.25) is 0 Å². The Hall–Kier alpha value is -3.14. The Bertz CT molecular complexity index is 1130. The average Bonchev–Trinajstić information content (AvgIpc) is 3.18. The number of carbonyl (C=O) groups is 1. The van der Waals surface area contributed by atoms with Crippen LogP contribution in [0.25, 0.3) is 5.65 Å². The van der Waals surface area contributed by atoms with Crippen LogP contribution in [0.4, 0.5) is 23.2 Å². The predicted molar refractivity (Wildman–Crippen MR) is 104 cm³/mol. The van der Waals surface area contributed by atoms with Crippen molar-refractivity contribution in [3.05, 3.63) is 59.0 Å². The van der Waals surface area contributed by atoms with E-state index in [1.54, 1.807) is 10.5 Å². The molecule has 0 atom stereocenters. The molecule has 0 unspecified atom stereocenters. The molecule has 1 amide bonds. The van der Waals surface area contributed by atoms with E-state index >= 15 is 0 Å². The molecule has 31 heavy (non-hydrogen) atoms. The van der Waals surface area contributed by atoms with Crippen LogP contribution in [-0.2, 0) is 4.74 Å². The molecule has 2 aromatic heterocycles. The van der Waals surface area contributed by atoms with Gasteiger partial charge >= 0.3 is 0 Å². The molecule has 3 aromatic rings. The fraction of sp³-hybridized carbons (Fsp3) is 0.333. The number of carbonyl (C=O) groups excluding carboxylic acids is 1. The molecule has 3 heterocycles. The van der Waals surface area contributed by atoms with Crippen LogP contribution >= 0.6 is 0 Å². The number of pyridine rings is 1. The van der Waals surface area contributed by atoms with E-state index in [-0.39, 0.29) is 22.9 Å². The normalized spacial score (nSPS) is 14.9. The van der Waals surface area contributed by atoms with Gasteiger partial charge in [-0.2, -0.15) is 0 Å². The van der Waals surface area contributed by atoms with Crippen molar-refractivity contribution in [3.63, 3.8) is 0 Å². The van der Waals surface area contributed by atoms with E-state index in [0.29, 0.717) is 31.0 Å². The van der Waals surface area contributed by atoms with Crippen molar-refractivity contribution in [2.24, 2.45) is 0 Å². The van der Waals surface area contributed by atoms with Crippen LogP contribution in [0.3, 0.4) is 0 Å². The number of anilines is 1. The Morgan fingerprint density at radius 3 is 2.65 bits per heavy atom. The fourth-order valence-electron chi connectivity index (χ4n) is 3.60. The number of alkyl halides is 2. The van der Waals surface area contributed by atoms with Crippen molar-refractivity contribution in [2.45, 2.75) is 25.2 Å². The largest absolute Gasteiger partial charge is 0.496 e. The molecular formula is C21H19F4N3O3. The molecule has 1 saturated heterocycles. The molecule has 1 aliphatic rings. The third-order valence-electron chi connectivity index (χ3n) is 5.23. The Balaban J connectivity index is 1.65. The van der Waals surface area contributed by atoms with Gasteiger partial charge in [-0.3, -0.25) is 4.79 Å². The second kappa shape index (κ2) is 8.54. The van der Waals surface area contributed by atoms with Gasteiger partial charge in [0.25, 0.3) is 12.3 Å². The number of aromatic nitrogens is 2. The minimum absolute atomic E-state index is 0.0780. The second-order valence-corrected chi connectivity index (χ2v) is 7.19. The lowest BCUT2D eigenvalue weighted by Crippen LogP contribution is -2.15. The van der Waals surface area contributed by atoms with Crippen LogP contribution in [0, 0.1) is 11.6 Å². The Kier molecular flexibility index (Phi) is 5.81. The van der Waals surface area contributed by atoms with Crippen molar-refractivity contribution in [1.29, 1.82) is 0 Å². The standard InChI is InChI=1S/C21H19F4N3O3/c1-30-17-8-18-27-16(11-2-4-31-5-3-11)10-28(18)9-14(17)21(29)26-12-6-13(20(24)25)19(23)15(22)7-12/h6-11,20H,2-5H2,1H3,(H,26,29). The number of nitrogens with one attached hydrogen (secondary N) is 1. The van der Waals surface area contributed by atoms with Gasteiger partial charge in [0.2, 0.25) is 0 Å². The zero-order valence-corrected chi connectivity index (χ0v) is 16.5. The number of amides is 1. The molecule has 164 valence electrons. The maximum absolute atomic E-state index is 13.7. The van der Waals surface area contributed by atoms with Crippen LogP contribution in [0.15, 0.2) is 30.6 Å². The van der Waals surface area contributed by atoms with Crippen LogP contribution in [0.5, 0.6) is 5.75 Å². The minimum Gasteiger partial charge on any atom is -0.496 e. The van der Waals surface area contributed by atoms with E-state index < -0.39 is 29.5 Å². The third-order valence-corrected chi connectivity index (χ3v) is 5.23. The zero-order chi connectivity index (χ0) is 22.1. The highest BCUT2D eigenvalue weighted by molar-refractivity contribution is 6.06. The van der Waals surface area contributed by atoms with Crippen molar-refractivity contribution >= 4 is 17.2 Å². The molecule has 6 nitrogen and oxygen atoms in total. The van der Waals surface area contributed by atoms with Crippen LogP contribution in [0.1, 0.15) is 46.8 Å². The van der Waals surface area contributed by atoms with E-state index in [9.17, 15) is 22.4 Å². The molecule has 0 spiro atoms. The molecule has 0 saturated carbocycles. The summed E-state index contributed by atoms with van der Waals surface area (Å²) in [6, 6.07) is 2.92. The Morgan fingerprint density at radius 1 is 1.23 bits per heavy atom. The lowest BCUT2D eigenvalue weighted by atomic mass is 9.97. The summed E-state index contributed by atoms with van der Waals surface area (Å²) in [6.45, 7) is 1.31. The number of halogens is 4. The third kappa shape index (κ3) is 4.20. The van der Waals surface area contributed by atoms with Crippen molar-refractivity contribution < 1.29 is 31.8 Å². The average molecular weight is 437 g/mol. The first-order chi connectivity index (χ1) is 14.9. The summed E-state index contributed by atoms with van der Waals surface area (Å²) < 4.78 is 65.4. The molecule has 1 N–H and O–H groups in total. The van der Waals surface area contributed by atoms with Gasteiger partial charge in [0.1, 0.15) is 11.4 Å². The number of nitrogens with zero attached hydrogens (tertiary/aromatic N) is 2. The van der Waals surface area contributed by atoms with Gasteiger partial charge in [0.15, 0.2) is 11.6 Å². The first-order valence-corrected chi connectivity index (χ1v) is 9.60. The van der Waals surface area contributed by atoms with Gasteiger partial charge in [0.05, 0.1) is 23.9 Å². The number of methoxy groups -OCH3 is 1. The Morgan fingerprint density at radius 2 is 1.97 bits per heavy atom. The first kappa shape index (κ1) is 21.1. The molecule has 0 bridgehead atoms. The summed E-state index contributed by atoms with van der Waals surface area (Å²) in [5.41, 5.74) is 0.0883. The maximum Gasteiger partial charge on any atom is 0.266 e. The van der Waals surface area contributed by atoms with Crippen LogP contribution < -0.4 is 10.1 Å². The molecule has 0 radical (unpaired) electrons. The van der Waals surface area contributed by atoms with Gasteiger partial charge < -0.3 is 19.2 Å². The first-order valence-electron chi connectivity index (χ1n) is 9.60. The second-order valence-electron chi connectivity index (χ2n) is 7.19. The number of rotatable bonds is 5. The van der Waals surface area contributed by atoms with Crippen molar-refractivity contribution in [3.8, 4) is 5.75 Å². The summed E-state index contributed by atoms with van der Waals surface area (Å²) >= 11 is 0. The summed E-state index contributed by atoms with van der Waals surface area (Å²) in [4.78, 5) is 17.4. The molecule has 1 fully saturated rings. The fourth-order valence-corrected chi connectivity index (χ4v) is 3.60. The number of imidazole rings is 1. The zero-order valence-electron chi connectivity index (χ0n) is 16.5.